The van der Waals surface area contributed by atoms with Crippen molar-refractivity contribution in [3.8, 4) is 0 Å². The topological polar surface area (TPSA) is 95.6 Å². The van der Waals surface area contributed by atoms with Gasteiger partial charge in [-0.25, -0.2) is 0 Å². The molecule has 1 aromatic rings. The van der Waals surface area contributed by atoms with Crippen molar-refractivity contribution in [2.75, 3.05) is 13.1 Å². The van der Waals surface area contributed by atoms with Crippen LogP contribution in [-0.2, 0) is 25.7 Å². The lowest BCUT2D eigenvalue weighted by Crippen LogP contribution is -2.45. The van der Waals surface area contributed by atoms with Crippen LogP contribution in [-0.4, -0.2) is 47.5 Å². The molecular weight excluding hydrogens is 358 g/mol. The smallest absolute Gasteiger partial charge is 0.289 e. The van der Waals surface area contributed by atoms with Gasteiger partial charge in [0.1, 0.15) is 6.04 Å². The lowest BCUT2D eigenvalue weighted by Gasteiger charge is -2.23. The number of Topliss-reactive ketones (excluding diaryl/α,β-unsaturated/α-hetero) is 1. The largest absolute Gasteiger partial charge is 0.356 e. The summed E-state index contributed by atoms with van der Waals surface area (Å²) in [7, 11) is 0. The predicted octanol–water partition coefficient (Wildman–Crippen LogP) is 1.56. The van der Waals surface area contributed by atoms with Crippen molar-refractivity contribution in [1.82, 2.24) is 15.5 Å². The Morgan fingerprint density at radius 2 is 1.64 bits per heavy atom. The van der Waals surface area contributed by atoms with Gasteiger partial charge in [0.25, 0.3) is 5.91 Å². The summed E-state index contributed by atoms with van der Waals surface area (Å²) in [5, 5.41) is 5.41. The van der Waals surface area contributed by atoms with Crippen LogP contribution in [0.1, 0.15) is 51.0 Å². The molecule has 0 aliphatic carbocycles. The highest BCUT2D eigenvalue weighted by atomic mass is 16.2. The molecule has 3 amide bonds. The molecule has 7 heteroatoms. The summed E-state index contributed by atoms with van der Waals surface area (Å²) < 4.78 is 0. The summed E-state index contributed by atoms with van der Waals surface area (Å²) >= 11 is 0. The third kappa shape index (κ3) is 6.79. The first-order valence-electron chi connectivity index (χ1n) is 9.89. The highest BCUT2D eigenvalue weighted by Gasteiger charge is 2.38. The Kier molecular flexibility index (Phi) is 8.65. The van der Waals surface area contributed by atoms with Crippen LogP contribution in [0.2, 0.25) is 0 Å². The first kappa shape index (κ1) is 21.6. The maximum Gasteiger partial charge on any atom is 0.289 e. The zero-order chi connectivity index (χ0) is 20.4. The Morgan fingerprint density at radius 3 is 2.29 bits per heavy atom. The van der Waals surface area contributed by atoms with Crippen molar-refractivity contribution in [3.63, 3.8) is 0 Å². The second-order valence-corrected chi connectivity index (χ2v) is 7.08. The van der Waals surface area contributed by atoms with Crippen LogP contribution in [0.4, 0.5) is 0 Å². The fourth-order valence-corrected chi connectivity index (χ4v) is 3.29. The monoisotopic (exact) mass is 387 g/mol. The maximum absolute atomic E-state index is 12.5. The molecular formula is C21H29N3O4. The predicted molar refractivity (Wildman–Crippen MR) is 105 cm³/mol. The lowest BCUT2D eigenvalue weighted by atomic mass is 10.1. The molecule has 1 aromatic carbocycles. The molecule has 2 rings (SSSR count). The summed E-state index contributed by atoms with van der Waals surface area (Å²) in [5.74, 6) is -1.27. The van der Waals surface area contributed by atoms with E-state index in [1.807, 2.05) is 30.3 Å². The minimum absolute atomic E-state index is 0.0301. The average molecular weight is 387 g/mol. The molecule has 1 atom stereocenters. The van der Waals surface area contributed by atoms with Gasteiger partial charge in [0.15, 0.2) is 0 Å². The number of hydrogen-bond donors (Lipinski definition) is 2. The van der Waals surface area contributed by atoms with Crippen LogP contribution >= 0.6 is 0 Å². The van der Waals surface area contributed by atoms with Crippen molar-refractivity contribution >= 4 is 23.5 Å². The second kappa shape index (κ2) is 11.2. The number of ketones is 1. The molecule has 1 fully saturated rings. The van der Waals surface area contributed by atoms with Crippen molar-refractivity contribution in [2.45, 2.75) is 58.0 Å². The third-order valence-corrected chi connectivity index (χ3v) is 4.81. The normalized spacial score (nSPS) is 16.1. The third-order valence-electron chi connectivity index (χ3n) is 4.81. The average Bonchev–Trinajstić information content (AvgIpc) is 3.04. The van der Waals surface area contributed by atoms with E-state index in [9.17, 15) is 19.2 Å². The van der Waals surface area contributed by atoms with E-state index in [0.29, 0.717) is 32.5 Å². The standard InChI is InChI=1S/C21H29N3O4/c1-16(25)22-13-7-2-3-8-14-23-21(28)20(27)18-11-12-19(26)24(18)15-17-9-5-4-6-10-17/h4-6,9-10,18H,2-3,7-8,11-15H2,1H3,(H,22,25)(H,23,28). The van der Waals surface area contributed by atoms with Crippen molar-refractivity contribution in [2.24, 2.45) is 0 Å². The lowest BCUT2D eigenvalue weighted by molar-refractivity contribution is -0.143. The highest BCUT2D eigenvalue weighted by Crippen LogP contribution is 2.22. The van der Waals surface area contributed by atoms with Gasteiger partial charge in [-0.3, -0.25) is 19.2 Å². The molecule has 0 bridgehead atoms. The SMILES string of the molecule is CC(=O)NCCCCCCNC(=O)C(=O)C1CCC(=O)N1Cc1ccccc1. The Morgan fingerprint density at radius 1 is 1.00 bits per heavy atom. The highest BCUT2D eigenvalue weighted by molar-refractivity contribution is 6.38. The first-order valence-corrected chi connectivity index (χ1v) is 9.89. The molecule has 0 spiro atoms. The molecule has 0 radical (unpaired) electrons. The van der Waals surface area contributed by atoms with E-state index in [0.717, 1.165) is 31.2 Å². The summed E-state index contributed by atoms with van der Waals surface area (Å²) in [5.41, 5.74) is 0.940. The van der Waals surface area contributed by atoms with Gasteiger partial charge in [0, 0.05) is 33.0 Å². The molecule has 2 N–H and O–H groups in total. The van der Waals surface area contributed by atoms with Crippen LogP contribution < -0.4 is 10.6 Å². The van der Waals surface area contributed by atoms with Gasteiger partial charge >= 0.3 is 0 Å². The molecule has 1 heterocycles. The van der Waals surface area contributed by atoms with E-state index in [1.54, 1.807) is 0 Å². The second-order valence-electron chi connectivity index (χ2n) is 7.08. The summed E-state index contributed by atoms with van der Waals surface area (Å²) in [4.78, 5) is 49.1. The molecule has 0 aromatic heterocycles. The van der Waals surface area contributed by atoms with E-state index in [2.05, 4.69) is 10.6 Å². The van der Waals surface area contributed by atoms with Crippen LogP contribution in [0.15, 0.2) is 30.3 Å². The number of amides is 3. The molecule has 28 heavy (non-hydrogen) atoms. The van der Waals surface area contributed by atoms with Crippen molar-refractivity contribution < 1.29 is 19.2 Å². The Hall–Kier alpha value is -2.70. The van der Waals surface area contributed by atoms with Crippen molar-refractivity contribution in [3.05, 3.63) is 35.9 Å². The first-order chi connectivity index (χ1) is 13.5. The molecule has 152 valence electrons. The molecule has 0 saturated carbocycles. The number of carbonyl (C=O) groups excluding carboxylic acids is 4. The number of benzene rings is 1. The Bertz CT molecular complexity index is 690. The number of nitrogens with zero attached hydrogens (tertiary/aromatic N) is 1. The molecule has 1 aliphatic heterocycles. The van der Waals surface area contributed by atoms with Crippen LogP contribution in [0.3, 0.4) is 0 Å². The Balaban J connectivity index is 1.71. The summed E-state index contributed by atoms with van der Waals surface area (Å²) in [6.45, 7) is 2.93. The fourth-order valence-electron chi connectivity index (χ4n) is 3.29. The van der Waals surface area contributed by atoms with Gasteiger partial charge in [-0.2, -0.15) is 0 Å². The van der Waals surface area contributed by atoms with E-state index < -0.39 is 17.7 Å². The van der Waals surface area contributed by atoms with Crippen LogP contribution in [0.25, 0.3) is 0 Å². The van der Waals surface area contributed by atoms with E-state index in [1.165, 1.54) is 11.8 Å². The van der Waals surface area contributed by atoms with E-state index in [-0.39, 0.29) is 11.8 Å². The summed E-state index contributed by atoms with van der Waals surface area (Å²) in [6.07, 6.45) is 4.22. The van der Waals surface area contributed by atoms with E-state index in [4.69, 9.17) is 0 Å². The molecule has 1 saturated heterocycles. The molecule has 7 nitrogen and oxygen atoms in total. The number of rotatable bonds is 11. The molecule has 1 unspecified atom stereocenters. The van der Waals surface area contributed by atoms with Gasteiger partial charge < -0.3 is 15.5 Å². The zero-order valence-corrected chi connectivity index (χ0v) is 16.4. The van der Waals surface area contributed by atoms with Gasteiger partial charge in [-0.1, -0.05) is 43.2 Å². The number of carbonyl (C=O) groups is 4. The van der Waals surface area contributed by atoms with E-state index >= 15 is 0 Å². The van der Waals surface area contributed by atoms with Crippen LogP contribution in [0.5, 0.6) is 0 Å². The number of likely N-dealkylation sites (tertiary alicyclic amines) is 1. The van der Waals surface area contributed by atoms with Crippen LogP contribution in [0, 0.1) is 0 Å². The molecule has 1 aliphatic rings. The van der Waals surface area contributed by atoms with Gasteiger partial charge in [0.05, 0.1) is 0 Å². The number of nitrogens with one attached hydrogen (secondary N) is 2. The maximum atomic E-state index is 12.5. The van der Waals surface area contributed by atoms with Gasteiger partial charge in [0.2, 0.25) is 17.6 Å². The van der Waals surface area contributed by atoms with Crippen molar-refractivity contribution in [1.29, 1.82) is 0 Å². The fraction of sp³-hybridized carbons (Fsp3) is 0.524. The minimum atomic E-state index is -0.676. The van der Waals surface area contributed by atoms with Gasteiger partial charge in [-0.05, 0) is 24.8 Å². The zero-order valence-electron chi connectivity index (χ0n) is 16.4. The quantitative estimate of drug-likeness (QED) is 0.445. The number of hydrogen-bond acceptors (Lipinski definition) is 4. The van der Waals surface area contributed by atoms with Gasteiger partial charge in [-0.15, -0.1) is 0 Å². The summed E-state index contributed by atoms with van der Waals surface area (Å²) in [6, 6.07) is 8.79. The Labute approximate surface area is 165 Å². The number of unbranched alkanes of at least 4 members (excludes halogenated alkanes) is 3. The minimum Gasteiger partial charge on any atom is -0.356 e.